The molecule has 29 heavy (non-hydrogen) atoms. The summed E-state index contributed by atoms with van der Waals surface area (Å²) < 4.78 is 10.8. The number of carbonyl (C=O) groups is 2. The third-order valence-corrected chi connectivity index (χ3v) is 5.03. The molecule has 0 unspecified atom stereocenters. The minimum Gasteiger partial charge on any atom is -0.462 e. The van der Waals surface area contributed by atoms with Gasteiger partial charge in [-0.15, -0.1) is 0 Å². The topological polar surface area (TPSA) is 52.6 Å². The fraction of sp³-hybridized carbons (Fsp3) is 0.760. The van der Waals surface area contributed by atoms with Crippen molar-refractivity contribution < 1.29 is 19.1 Å². The molecule has 168 valence electrons. The van der Waals surface area contributed by atoms with E-state index in [4.69, 9.17) is 9.47 Å². The predicted octanol–water partition coefficient (Wildman–Crippen LogP) is 7.08. The van der Waals surface area contributed by atoms with Crippen molar-refractivity contribution in [3.05, 3.63) is 23.3 Å². The van der Waals surface area contributed by atoms with Gasteiger partial charge >= 0.3 is 11.9 Å². The van der Waals surface area contributed by atoms with Crippen LogP contribution in [0.15, 0.2) is 23.3 Å². The Morgan fingerprint density at radius 1 is 0.690 bits per heavy atom. The summed E-state index contributed by atoms with van der Waals surface area (Å²) in [5.41, 5.74) is 0.768. The Bertz CT molecular complexity index is 491. The van der Waals surface area contributed by atoms with E-state index in [-0.39, 0.29) is 0 Å². The zero-order valence-electron chi connectivity index (χ0n) is 19.4. The number of allylic oxidation sites excluding steroid dienone is 2. The van der Waals surface area contributed by atoms with Crippen molar-refractivity contribution >= 4 is 11.9 Å². The molecule has 0 rings (SSSR count). The molecule has 0 aliphatic carbocycles. The number of esters is 2. The van der Waals surface area contributed by atoms with Crippen LogP contribution in [0.5, 0.6) is 0 Å². The minimum atomic E-state index is -0.408. The highest BCUT2D eigenvalue weighted by molar-refractivity contribution is 6.00. The molecule has 0 heterocycles. The van der Waals surface area contributed by atoms with Crippen LogP contribution in [0.3, 0.4) is 0 Å². The van der Waals surface area contributed by atoms with Gasteiger partial charge in [-0.1, -0.05) is 90.2 Å². The van der Waals surface area contributed by atoms with Crippen LogP contribution in [0.4, 0.5) is 0 Å². The summed E-state index contributed by atoms with van der Waals surface area (Å²) in [7, 11) is 0. The molecule has 0 amide bonds. The van der Waals surface area contributed by atoms with E-state index in [1.807, 2.05) is 19.1 Å². The van der Waals surface area contributed by atoms with Crippen molar-refractivity contribution in [3.8, 4) is 0 Å². The molecule has 0 aromatic rings. The van der Waals surface area contributed by atoms with Crippen molar-refractivity contribution in [2.75, 3.05) is 13.2 Å². The first kappa shape index (κ1) is 27.4. The van der Waals surface area contributed by atoms with Crippen LogP contribution in [0.2, 0.25) is 0 Å². The van der Waals surface area contributed by atoms with Crippen LogP contribution in [0.1, 0.15) is 111 Å². The number of unbranched alkanes of at least 4 members (excludes halogenated alkanes) is 10. The molecule has 0 bridgehead atoms. The number of ether oxygens (including phenoxy) is 2. The van der Waals surface area contributed by atoms with Gasteiger partial charge in [-0.2, -0.15) is 0 Å². The lowest BCUT2D eigenvalue weighted by Gasteiger charge is -2.11. The zero-order chi connectivity index (χ0) is 21.7. The van der Waals surface area contributed by atoms with Crippen LogP contribution in [0.25, 0.3) is 0 Å². The summed E-state index contributed by atoms with van der Waals surface area (Å²) in [5, 5.41) is 0. The third-order valence-electron chi connectivity index (χ3n) is 5.03. The quantitative estimate of drug-likeness (QED) is 0.105. The number of rotatable bonds is 18. The van der Waals surface area contributed by atoms with Gasteiger partial charge in [-0.25, -0.2) is 9.59 Å². The lowest BCUT2D eigenvalue weighted by atomic mass is 10.1. The molecule has 0 aromatic heterocycles. The molecular formula is C25H44O4. The average Bonchev–Trinajstić information content (AvgIpc) is 2.72. The summed E-state index contributed by atoms with van der Waals surface area (Å²) in [6, 6.07) is 0. The van der Waals surface area contributed by atoms with Crippen LogP contribution in [-0.4, -0.2) is 25.2 Å². The molecular weight excluding hydrogens is 364 g/mol. The molecule has 0 saturated carbocycles. The van der Waals surface area contributed by atoms with Gasteiger partial charge in [0.1, 0.15) is 0 Å². The van der Waals surface area contributed by atoms with Crippen molar-refractivity contribution in [1.82, 2.24) is 0 Å². The van der Waals surface area contributed by atoms with Crippen molar-refractivity contribution in [3.63, 3.8) is 0 Å². The maximum absolute atomic E-state index is 12.5. The monoisotopic (exact) mass is 408 g/mol. The van der Waals surface area contributed by atoms with Crippen LogP contribution >= 0.6 is 0 Å². The highest BCUT2D eigenvalue weighted by Gasteiger charge is 2.19. The van der Waals surface area contributed by atoms with Crippen molar-refractivity contribution in [1.29, 1.82) is 0 Å². The Morgan fingerprint density at radius 2 is 1.14 bits per heavy atom. The van der Waals surface area contributed by atoms with Gasteiger partial charge in [0.15, 0.2) is 0 Å². The second kappa shape index (κ2) is 19.7. The summed E-state index contributed by atoms with van der Waals surface area (Å²) in [5.74, 6) is -0.805. The molecule has 4 nitrogen and oxygen atoms in total. The number of hydrogen-bond donors (Lipinski definition) is 0. The van der Waals surface area contributed by atoms with E-state index in [1.165, 1.54) is 51.4 Å². The highest BCUT2D eigenvalue weighted by Crippen LogP contribution is 2.15. The number of hydrogen-bond acceptors (Lipinski definition) is 4. The van der Waals surface area contributed by atoms with E-state index in [2.05, 4.69) is 13.8 Å². The second-order valence-electron chi connectivity index (χ2n) is 7.68. The van der Waals surface area contributed by atoms with Gasteiger partial charge in [-0.05, 0) is 33.1 Å². The largest absolute Gasteiger partial charge is 0.462 e. The van der Waals surface area contributed by atoms with Gasteiger partial charge in [0.2, 0.25) is 0 Å². The van der Waals surface area contributed by atoms with Crippen LogP contribution in [0, 0.1) is 0 Å². The van der Waals surface area contributed by atoms with Crippen LogP contribution < -0.4 is 0 Å². The first-order chi connectivity index (χ1) is 14.1. The summed E-state index contributed by atoms with van der Waals surface area (Å²) in [6.45, 7) is 8.76. The normalized spacial score (nSPS) is 12.1. The lowest BCUT2D eigenvalue weighted by Crippen LogP contribution is -2.16. The first-order valence-corrected chi connectivity index (χ1v) is 11.7. The van der Waals surface area contributed by atoms with E-state index in [9.17, 15) is 9.59 Å². The van der Waals surface area contributed by atoms with Gasteiger partial charge < -0.3 is 9.47 Å². The lowest BCUT2D eigenvalue weighted by molar-refractivity contribution is -0.142. The van der Waals surface area contributed by atoms with Crippen molar-refractivity contribution in [2.24, 2.45) is 0 Å². The predicted molar refractivity (Wildman–Crippen MR) is 121 cm³/mol. The SMILES string of the molecule is CC=CCC(C(=O)OCCCCCCCC)=C(C)C(=O)OCCCCCCCC. The Labute approximate surface area is 179 Å². The second-order valence-corrected chi connectivity index (χ2v) is 7.68. The summed E-state index contributed by atoms with van der Waals surface area (Å²) in [4.78, 5) is 24.8. The number of carbonyl (C=O) groups excluding carboxylic acids is 2. The smallest absolute Gasteiger partial charge is 0.334 e. The van der Waals surface area contributed by atoms with Crippen molar-refractivity contribution in [2.45, 2.75) is 111 Å². The van der Waals surface area contributed by atoms with Gasteiger partial charge in [0.05, 0.1) is 18.8 Å². The molecule has 4 heteroatoms. The Kier molecular flexibility index (Phi) is 18.6. The Hall–Kier alpha value is -1.58. The Balaban J connectivity index is 4.43. The molecule has 0 fully saturated rings. The fourth-order valence-electron chi connectivity index (χ4n) is 3.04. The Morgan fingerprint density at radius 3 is 1.62 bits per heavy atom. The molecule has 0 atom stereocenters. The molecule has 0 radical (unpaired) electrons. The van der Waals surface area contributed by atoms with Gasteiger partial charge in [-0.3, -0.25) is 0 Å². The minimum absolute atomic E-state index is 0.363. The maximum atomic E-state index is 12.5. The molecule has 0 aromatic carbocycles. The molecule has 0 spiro atoms. The molecule has 0 aliphatic rings. The molecule has 0 aliphatic heterocycles. The maximum Gasteiger partial charge on any atom is 0.334 e. The third kappa shape index (κ3) is 15.0. The van der Waals surface area contributed by atoms with E-state index in [1.54, 1.807) is 6.92 Å². The fourth-order valence-corrected chi connectivity index (χ4v) is 3.04. The summed E-state index contributed by atoms with van der Waals surface area (Å²) >= 11 is 0. The first-order valence-electron chi connectivity index (χ1n) is 11.7. The van der Waals surface area contributed by atoms with E-state index < -0.39 is 11.9 Å². The summed E-state index contributed by atoms with van der Waals surface area (Å²) in [6.07, 6.45) is 17.8. The standard InChI is InChI=1S/C25H44O4/c1-5-8-11-13-15-17-20-28-24(26)22(4)23(19-10-7-3)25(27)29-21-18-16-14-12-9-6-2/h7,10H,5-6,8-9,11-21H2,1-4H3. The van der Waals surface area contributed by atoms with Gasteiger partial charge in [0, 0.05) is 5.57 Å². The average molecular weight is 409 g/mol. The zero-order valence-corrected chi connectivity index (χ0v) is 19.4. The molecule has 0 saturated heterocycles. The van der Waals surface area contributed by atoms with E-state index in [0.717, 1.165) is 25.7 Å². The van der Waals surface area contributed by atoms with E-state index in [0.29, 0.717) is 30.8 Å². The van der Waals surface area contributed by atoms with E-state index >= 15 is 0 Å². The van der Waals surface area contributed by atoms with Gasteiger partial charge in [0.25, 0.3) is 0 Å². The molecule has 0 N–H and O–H groups in total. The highest BCUT2D eigenvalue weighted by atomic mass is 16.5. The van der Waals surface area contributed by atoms with Crippen LogP contribution in [-0.2, 0) is 19.1 Å².